The van der Waals surface area contributed by atoms with Crippen molar-refractivity contribution in [2.45, 2.75) is 0 Å². The minimum absolute atomic E-state index is 0.234. The molecule has 2 N–H and O–H groups in total. The predicted molar refractivity (Wildman–Crippen MR) is 78.5 cm³/mol. The first-order valence-electron chi connectivity index (χ1n) is 6.34. The van der Waals surface area contributed by atoms with E-state index in [1.165, 1.54) is 0 Å². The highest BCUT2D eigenvalue weighted by atomic mass is 16.3. The van der Waals surface area contributed by atoms with Gasteiger partial charge in [0.2, 0.25) is 0 Å². The van der Waals surface area contributed by atoms with Gasteiger partial charge in [0, 0.05) is 16.3 Å². The Morgan fingerprint density at radius 1 is 0.900 bits per heavy atom. The molecular weight excluding hydrogens is 250 g/mol. The molecule has 0 amide bonds. The predicted octanol–water partition coefficient (Wildman–Crippen LogP) is 3.48. The third kappa shape index (κ3) is 1.55. The average Bonchev–Trinajstić information content (AvgIpc) is 2.95. The van der Waals surface area contributed by atoms with Gasteiger partial charge in [-0.05, 0) is 17.5 Å². The summed E-state index contributed by atoms with van der Waals surface area (Å²) in [6.07, 6.45) is 1.79. The van der Waals surface area contributed by atoms with Crippen LogP contribution in [0.4, 0.5) is 0 Å². The van der Waals surface area contributed by atoms with Gasteiger partial charge >= 0.3 is 0 Å². The number of aromatic amines is 1. The van der Waals surface area contributed by atoms with Gasteiger partial charge in [-0.15, -0.1) is 0 Å². The van der Waals surface area contributed by atoms with Crippen LogP contribution in [0, 0.1) is 0 Å². The number of fused-ring (bicyclic) bond motifs is 3. The van der Waals surface area contributed by atoms with Crippen LogP contribution in [-0.2, 0) is 0 Å². The SMILES string of the molecule is Oc1cccc(-c2nc3[nH]ncc3c3ccccc23)c1. The van der Waals surface area contributed by atoms with E-state index >= 15 is 0 Å². The summed E-state index contributed by atoms with van der Waals surface area (Å²) < 4.78 is 0. The van der Waals surface area contributed by atoms with Crippen molar-refractivity contribution in [2.75, 3.05) is 0 Å². The largest absolute Gasteiger partial charge is 0.508 e. The molecule has 4 nitrogen and oxygen atoms in total. The number of benzene rings is 2. The lowest BCUT2D eigenvalue weighted by Crippen LogP contribution is -1.88. The number of pyridine rings is 1. The van der Waals surface area contributed by atoms with Crippen molar-refractivity contribution in [3.63, 3.8) is 0 Å². The first-order valence-corrected chi connectivity index (χ1v) is 6.34. The zero-order chi connectivity index (χ0) is 13.5. The van der Waals surface area contributed by atoms with Crippen LogP contribution in [0.5, 0.6) is 5.75 Å². The summed E-state index contributed by atoms with van der Waals surface area (Å²) >= 11 is 0. The molecule has 0 atom stereocenters. The Balaban J connectivity index is 2.16. The average molecular weight is 261 g/mol. The number of aromatic nitrogens is 3. The summed E-state index contributed by atoms with van der Waals surface area (Å²) in [5.41, 5.74) is 2.48. The summed E-state index contributed by atoms with van der Waals surface area (Å²) in [5, 5.41) is 19.8. The first-order chi connectivity index (χ1) is 9.83. The molecule has 0 spiro atoms. The molecule has 4 aromatic rings. The van der Waals surface area contributed by atoms with Crippen LogP contribution in [0.1, 0.15) is 0 Å². The first kappa shape index (κ1) is 11.0. The fourth-order valence-corrected chi connectivity index (χ4v) is 2.53. The Morgan fingerprint density at radius 2 is 1.75 bits per heavy atom. The number of phenolic OH excluding ortho intramolecular Hbond substituents is 1. The van der Waals surface area contributed by atoms with Crippen LogP contribution in [0.25, 0.3) is 33.1 Å². The highest BCUT2D eigenvalue weighted by Gasteiger charge is 2.11. The summed E-state index contributed by atoms with van der Waals surface area (Å²) in [7, 11) is 0. The molecule has 0 unspecified atom stereocenters. The Bertz CT molecular complexity index is 927. The lowest BCUT2D eigenvalue weighted by molar-refractivity contribution is 0.475. The van der Waals surface area contributed by atoms with Gasteiger partial charge in [-0.1, -0.05) is 36.4 Å². The van der Waals surface area contributed by atoms with Gasteiger partial charge in [-0.25, -0.2) is 4.98 Å². The number of hydrogen-bond donors (Lipinski definition) is 2. The molecule has 2 aromatic heterocycles. The molecule has 0 saturated carbocycles. The Morgan fingerprint density at radius 3 is 2.60 bits per heavy atom. The van der Waals surface area contributed by atoms with Crippen molar-refractivity contribution < 1.29 is 5.11 Å². The van der Waals surface area contributed by atoms with Crippen LogP contribution < -0.4 is 0 Å². The summed E-state index contributed by atoms with van der Waals surface area (Å²) in [6.45, 7) is 0. The van der Waals surface area contributed by atoms with Gasteiger partial charge in [0.15, 0.2) is 5.65 Å². The summed E-state index contributed by atoms with van der Waals surface area (Å²) in [6, 6.07) is 15.2. The van der Waals surface area contributed by atoms with Gasteiger partial charge < -0.3 is 5.11 Å². The summed E-state index contributed by atoms with van der Waals surface area (Å²) in [4.78, 5) is 4.65. The van der Waals surface area contributed by atoms with Crippen LogP contribution in [-0.4, -0.2) is 20.3 Å². The van der Waals surface area contributed by atoms with Crippen molar-refractivity contribution in [3.05, 3.63) is 54.7 Å². The quantitative estimate of drug-likeness (QED) is 0.551. The Labute approximate surface area is 114 Å². The topological polar surface area (TPSA) is 61.8 Å². The minimum atomic E-state index is 0.234. The normalized spacial score (nSPS) is 11.2. The van der Waals surface area contributed by atoms with E-state index in [4.69, 9.17) is 0 Å². The third-order valence-corrected chi connectivity index (χ3v) is 3.43. The molecule has 2 aromatic carbocycles. The number of rotatable bonds is 1. The molecule has 4 heteroatoms. The van der Waals surface area contributed by atoms with E-state index in [0.29, 0.717) is 0 Å². The number of phenols is 1. The molecule has 0 fully saturated rings. The van der Waals surface area contributed by atoms with E-state index in [1.807, 2.05) is 30.3 Å². The maximum Gasteiger partial charge on any atom is 0.156 e. The van der Waals surface area contributed by atoms with Crippen LogP contribution >= 0.6 is 0 Å². The van der Waals surface area contributed by atoms with Crippen LogP contribution in [0.15, 0.2) is 54.7 Å². The summed E-state index contributed by atoms with van der Waals surface area (Å²) in [5.74, 6) is 0.234. The lowest BCUT2D eigenvalue weighted by Gasteiger charge is -2.07. The maximum atomic E-state index is 9.67. The third-order valence-electron chi connectivity index (χ3n) is 3.43. The number of H-pyrrole nitrogens is 1. The number of hydrogen-bond acceptors (Lipinski definition) is 3. The van der Waals surface area contributed by atoms with E-state index in [-0.39, 0.29) is 5.75 Å². The van der Waals surface area contributed by atoms with Crippen LogP contribution in [0.3, 0.4) is 0 Å². The van der Waals surface area contributed by atoms with Crippen molar-refractivity contribution in [1.82, 2.24) is 15.2 Å². The van der Waals surface area contributed by atoms with Gasteiger partial charge in [0.25, 0.3) is 0 Å². The molecule has 0 aliphatic rings. The van der Waals surface area contributed by atoms with Crippen molar-refractivity contribution in [2.24, 2.45) is 0 Å². The molecule has 0 bridgehead atoms. The Kier molecular flexibility index (Phi) is 2.23. The second-order valence-electron chi connectivity index (χ2n) is 4.69. The molecule has 0 aliphatic heterocycles. The van der Waals surface area contributed by atoms with Crippen molar-refractivity contribution >= 4 is 21.8 Å². The van der Waals surface area contributed by atoms with Gasteiger partial charge in [-0.3, -0.25) is 5.10 Å². The molecule has 0 saturated heterocycles. The van der Waals surface area contributed by atoms with E-state index in [1.54, 1.807) is 18.3 Å². The molecule has 20 heavy (non-hydrogen) atoms. The Hall–Kier alpha value is -2.88. The van der Waals surface area contributed by atoms with E-state index < -0.39 is 0 Å². The van der Waals surface area contributed by atoms with Gasteiger partial charge in [0.1, 0.15) is 5.75 Å². The lowest BCUT2D eigenvalue weighted by atomic mass is 10.0. The van der Waals surface area contributed by atoms with E-state index in [9.17, 15) is 5.11 Å². The standard InChI is InChI=1S/C16H11N3O/c20-11-5-3-4-10(8-11)15-13-7-2-1-6-12(13)14-9-17-19-16(14)18-15/h1-9,20H,(H,17,18,19). The molecule has 96 valence electrons. The van der Waals surface area contributed by atoms with Crippen molar-refractivity contribution in [1.29, 1.82) is 0 Å². The van der Waals surface area contributed by atoms with E-state index in [2.05, 4.69) is 21.2 Å². The molecular formula is C16H11N3O. The van der Waals surface area contributed by atoms with Gasteiger partial charge in [0.05, 0.1) is 11.9 Å². The number of aromatic hydroxyl groups is 1. The maximum absolute atomic E-state index is 9.67. The number of nitrogens with one attached hydrogen (secondary N) is 1. The van der Waals surface area contributed by atoms with E-state index in [0.717, 1.165) is 33.1 Å². The second kappa shape index (κ2) is 4.06. The zero-order valence-corrected chi connectivity index (χ0v) is 10.5. The van der Waals surface area contributed by atoms with Gasteiger partial charge in [-0.2, -0.15) is 5.10 Å². The molecule has 2 heterocycles. The fourth-order valence-electron chi connectivity index (χ4n) is 2.53. The fraction of sp³-hybridized carbons (Fsp3) is 0. The highest BCUT2D eigenvalue weighted by Crippen LogP contribution is 2.32. The zero-order valence-electron chi connectivity index (χ0n) is 10.5. The molecule has 4 rings (SSSR count). The minimum Gasteiger partial charge on any atom is -0.508 e. The smallest absolute Gasteiger partial charge is 0.156 e. The molecule has 0 aliphatic carbocycles. The monoisotopic (exact) mass is 261 g/mol. The van der Waals surface area contributed by atoms with Crippen LogP contribution in [0.2, 0.25) is 0 Å². The molecule has 0 radical (unpaired) electrons. The second-order valence-corrected chi connectivity index (χ2v) is 4.69. The highest BCUT2D eigenvalue weighted by molar-refractivity contribution is 6.09. The van der Waals surface area contributed by atoms with Crippen molar-refractivity contribution in [3.8, 4) is 17.0 Å². The number of nitrogens with zero attached hydrogens (tertiary/aromatic N) is 2.